The topological polar surface area (TPSA) is 71.2 Å². The highest BCUT2D eigenvalue weighted by molar-refractivity contribution is 5.94. The second-order valence-electron chi connectivity index (χ2n) is 5.27. The van der Waals surface area contributed by atoms with Crippen LogP contribution in [0.3, 0.4) is 0 Å². The summed E-state index contributed by atoms with van der Waals surface area (Å²) in [6.07, 6.45) is 0. The molecule has 2 N–H and O–H groups in total. The molecule has 0 bridgehead atoms. The Kier molecular flexibility index (Phi) is 4.29. The van der Waals surface area contributed by atoms with E-state index < -0.39 is 11.7 Å². The third kappa shape index (κ3) is 3.27. The van der Waals surface area contributed by atoms with Gasteiger partial charge in [-0.2, -0.15) is 0 Å². The Morgan fingerprint density at radius 3 is 2.79 bits per heavy atom. The SMILES string of the molecule is COc1ccc2cc(CNC(=O)c3cccc(F)c3)c(=O)[nH]c2c1. The third-order valence-corrected chi connectivity index (χ3v) is 3.66. The Hall–Kier alpha value is -3.15. The summed E-state index contributed by atoms with van der Waals surface area (Å²) >= 11 is 0. The Bertz CT molecular complexity index is 966. The van der Waals surface area contributed by atoms with Gasteiger partial charge in [-0.05, 0) is 41.8 Å². The number of fused-ring (bicyclic) bond motifs is 1. The van der Waals surface area contributed by atoms with Gasteiger partial charge in [-0.15, -0.1) is 0 Å². The van der Waals surface area contributed by atoms with Gasteiger partial charge in [0.15, 0.2) is 0 Å². The van der Waals surface area contributed by atoms with E-state index in [2.05, 4.69) is 10.3 Å². The fraction of sp³-hybridized carbons (Fsp3) is 0.111. The van der Waals surface area contributed by atoms with Crippen molar-refractivity contribution in [2.45, 2.75) is 6.54 Å². The number of carbonyl (C=O) groups is 1. The van der Waals surface area contributed by atoms with Gasteiger partial charge in [-0.25, -0.2) is 4.39 Å². The van der Waals surface area contributed by atoms with Crippen LogP contribution in [-0.2, 0) is 6.54 Å². The lowest BCUT2D eigenvalue weighted by Crippen LogP contribution is -2.26. The van der Waals surface area contributed by atoms with Crippen molar-refractivity contribution in [2.75, 3.05) is 7.11 Å². The number of amides is 1. The fourth-order valence-electron chi connectivity index (χ4n) is 2.39. The number of methoxy groups -OCH3 is 1. The van der Waals surface area contributed by atoms with Crippen molar-refractivity contribution in [1.29, 1.82) is 0 Å². The molecule has 0 aliphatic heterocycles. The maximum Gasteiger partial charge on any atom is 0.253 e. The number of hydrogen-bond acceptors (Lipinski definition) is 3. The summed E-state index contributed by atoms with van der Waals surface area (Å²) in [7, 11) is 1.55. The van der Waals surface area contributed by atoms with Gasteiger partial charge in [0, 0.05) is 23.7 Å². The lowest BCUT2D eigenvalue weighted by Gasteiger charge is -2.07. The zero-order valence-corrected chi connectivity index (χ0v) is 12.9. The van der Waals surface area contributed by atoms with Crippen LogP contribution in [0.2, 0.25) is 0 Å². The summed E-state index contributed by atoms with van der Waals surface area (Å²) in [5.41, 5.74) is 0.976. The number of carbonyl (C=O) groups excluding carboxylic acids is 1. The van der Waals surface area contributed by atoms with Crippen LogP contribution in [0.5, 0.6) is 5.75 Å². The molecular weight excluding hydrogens is 311 g/mol. The number of nitrogens with one attached hydrogen (secondary N) is 2. The van der Waals surface area contributed by atoms with Crippen molar-refractivity contribution in [1.82, 2.24) is 10.3 Å². The molecule has 0 spiro atoms. The molecule has 0 saturated carbocycles. The number of aromatic nitrogens is 1. The Morgan fingerprint density at radius 1 is 1.21 bits per heavy atom. The smallest absolute Gasteiger partial charge is 0.253 e. The zero-order valence-electron chi connectivity index (χ0n) is 12.9. The maximum atomic E-state index is 13.1. The van der Waals surface area contributed by atoms with E-state index in [9.17, 15) is 14.0 Å². The zero-order chi connectivity index (χ0) is 17.1. The number of aromatic amines is 1. The number of hydrogen-bond donors (Lipinski definition) is 2. The molecule has 0 atom stereocenters. The first-order chi connectivity index (χ1) is 11.6. The average Bonchev–Trinajstić information content (AvgIpc) is 2.59. The van der Waals surface area contributed by atoms with E-state index in [1.54, 1.807) is 25.3 Å². The molecule has 3 aromatic rings. The highest BCUT2D eigenvalue weighted by Gasteiger charge is 2.09. The second kappa shape index (κ2) is 6.54. The lowest BCUT2D eigenvalue weighted by atomic mass is 10.1. The monoisotopic (exact) mass is 326 g/mol. The molecule has 0 fully saturated rings. The number of H-pyrrole nitrogens is 1. The maximum absolute atomic E-state index is 13.1. The van der Waals surface area contributed by atoms with Crippen LogP contribution in [0.1, 0.15) is 15.9 Å². The number of pyridine rings is 1. The first-order valence-corrected chi connectivity index (χ1v) is 7.30. The van der Waals surface area contributed by atoms with Crippen LogP contribution in [0.4, 0.5) is 4.39 Å². The van der Waals surface area contributed by atoms with Crippen LogP contribution in [0, 0.1) is 5.82 Å². The number of halogens is 1. The quantitative estimate of drug-likeness (QED) is 0.774. The van der Waals surface area contributed by atoms with Crippen molar-refractivity contribution in [2.24, 2.45) is 0 Å². The van der Waals surface area contributed by atoms with E-state index in [-0.39, 0.29) is 17.7 Å². The van der Waals surface area contributed by atoms with Gasteiger partial charge in [0.1, 0.15) is 11.6 Å². The molecule has 1 heterocycles. The molecule has 3 rings (SSSR count). The summed E-state index contributed by atoms with van der Waals surface area (Å²) < 4.78 is 18.3. The van der Waals surface area contributed by atoms with Crippen LogP contribution >= 0.6 is 0 Å². The molecule has 0 radical (unpaired) electrons. The summed E-state index contributed by atoms with van der Waals surface area (Å²) in [5.74, 6) is -0.283. The number of ether oxygens (including phenoxy) is 1. The standard InChI is InChI=1S/C18H15FN2O3/c1-24-15-6-5-11-7-13(18(23)21-16(11)9-15)10-20-17(22)12-3-2-4-14(19)8-12/h2-9H,10H2,1H3,(H,20,22)(H,21,23). The normalized spacial score (nSPS) is 10.6. The van der Waals surface area contributed by atoms with Crippen LogP contribution in [-0.4, -0.2) is 18.0 Å². The Labute approximate surface area is 137 Å². The molecule has 24 heavy (non-hydrogen) atoms. The molecular formula is C18H15FN2O3. The third-order valence-electron chi connectivity index (χ3n) is 3.66. The Morgan fingerprint density at radius 2 is 2.04 bits per heavy atom. The van der Waals surface area contributed by atoms with Crippen molar-refractivity contribution < 1.29 is 13.9 Å². The minimum atomic E-state index is -0.486. The summed E-state index contributed by atoms with van der Waals surface area (Å²) in [5, 5.41) is 3.44. The van der Waals surface area contributed by atoms with Crippen LogP contribution in [0.15, 0.2) is 53.3 Å². The molecule has 5 nitrogen and oxygen atoms in total. The van der Waals surface area contributed by atoms with Crippen molar-refractivity contribution >= 4 is 16.8 Å². The first-order valence-electron chi connectivity index (χ1n) is 7.30. The summed E-state index contributed by atoms with van der Waals surface area (Å²) in [6.45, 7) is 0.0483. The van der Waals surface area contributed by atoms with Gasteiger partial charge < -0.3 is 15.0 Å². The minimum Gasteiger partial charge on any atom is -0.497 e. The van der Waals surface area contributed by atoms with Gasteiger partial charge in [-0.1, -0.05) is 6.07 Å². The van der Waals surface area contributed by atoms with Gasteiger partial charge in [0.25, 0.3) is 11.5 Å². The van der Waals surface area contributed by atoms with E-state index >= 15 is 0 Å². The first kappa shape index (κ1) is 15.7. The highest BCUT2D eigenvalue weighted by atomic mass is 19.1. The number of rotatable bonds is 4. The largest absolute Gasteiger partial charge is 0.497 e. The molecule has 0 saturated heterocycles. The van der Waals surface area contributed by atoms with Crippen LogP contribution in [0.25, 0.3) is 10.9 Å². The van der Waals surface area contributed by atoms with Gasteiger partial charge >= 0.3 is 0 Å². The molecule has 1 amide bonds. The van der Waals surface area contributed by atoms with E-state index in [1.165, 1.54) is 18.2 Å². The van der Waals surface area contributed by atoms with E-state index in [0.717, 1.165) is 11.5 Å². The molecule has 122 valence electrons. The second-order valence-corrected chi connectivity index (χ2v) is 5.27. The predicted octanol–water partition coefficient (Wildman–Crippen LogP) is 2.61. The average molecular weight is 326 g/mol. The minimum absolute atomic E-state index is 0.0483. The van der Waals surface area contributed by atoms with Crippen molar-refractivity contribution in [3.8, 4) is 5.75 Å². The van der Waals surface area contributed by atoms with Gasteiger partial charge in [-0.3, -0.25) is 9.59 Å². The molecule has 1 aromatic heterocycles. The van der Waals surface area contributed by atoms with Gasteiger partial charge in [0.05, 0.1) is 12.6 Å². The van der Waals surface area contributed by atoms with E-state index in [1.807, 2.05) is 6.07 Å². The molecule has 0 aliphatic carbocycles. The van der Waals surface area contributed by atoms with E-state index in [4.69, 9.17) is 4.74 Å². The summed E-state index contributed by atoms with van der Waals surface area (Å²) in [6, 6.07) is 12.4. The molecule has 6 heteroatoms. The highest BCUT2D eigenvalue weighted by Crippen LogP contribution is 2.18. The fourth-order valence-corrected chi connectivity index (χ4v) is 2.39. The van der Waals surface area contributed by atoms with Crippen LogP contribution < -0.4 is 15.6 Å². The molecule has 0 unspecified atom stereocenters. The summed E-state index contributed by atoms with van der Waals surface area (Å²) in [4.78, 5) is 26.9. The molecule has 2 aromatic carbocycles. The predicted molar refractivity (Wildman–Crippen MR) is 88.7 cm³/mol. The molecule has 0 aliphatic rings. The van der Waals surface area contributed by atoms with Crippen molar-refractivity contribution in [3.63, 3.8) is 0 Å². The number of benzene rings is 2. The Balaban J connectivity index is 1.81. The van der Waals surface area contributed by atoms with Crippen molar-refractivity contribution in [3.05, 3.63) is 75.8 Å². The van der Waals surface area contributed by atoms with Gasteiger partial charge in [0.2, 0.25) is 0 Å². The van der Waals surface area contributed by atoms with E-state index in [0.29, 0.717) is 16.8 Å². The lowest BCUT2D eigenvalue weighted by molar-refractivity contribution is 0.0950.